The zero-order chi connectivity index (χ0) is 17.6. The normalized spacial score (nSPS) is 32.9. The first-order valence-electron chi connectivity index (χ1n) is 10.9. The maximum atomic E-state index is 3.69. The Balaban J connectivity index is 1.22. The third-order valence-electron chi connectivity index (χ3n) is 7.83. The minimum atomic E-state index is 0.403. The van der Waals surface area contributed by atoms with Gasteiger partial charge in [-0.3, -0.25) is 0 Å². The van der Waals surface area contributed by atoms with E-state index >= 15 is 0 Å². The van der Waals surface area contributed by atoms with Gasteiger partial charge in [0.05, 0.1) is 0 Å². The number of benzene rings is 1. The molecule has 1 spiro atoms. The fraction of sp³-hybridized carbons (Fsp3) is 0.667. The molecule has 0 radical (unpaired) electrons. The summed E-state index contributed by atoms with van der Waals surface area (Å²) in [7, 11) is 0. The number of allylic oxidation sites excluding steroid dienone is 2. The van der Waals surface area contributed by atoms with E-state index in [1.54, 1.807) is 5.56 Å². The predicted molar refractivity (Wildman–Crippen MR) is 110 cm³/mol. The molecule has 1 aromatic rings. The smallest absolute Gasteiger partial charge is 0.0379 e. The largest absolute Gasteiger partial charge is 0.384 e. The van der Waals surface area contributed by atoms with Crippen LogP contribution >= 0.6 is 0 Å². The van der Waals surface area contributed by atoms with Gasteiger partial charge < -0.3 is 10.2 Å². The number of hydrogen-bond acceptors (Lipinski definition) is 2. The van der Waals surface area contributed by atoms with Crippen molar-refractivity contribution in [2.75, 3.05) is 31.5 Å². The molecule has 2 heterocycles. The predicted octanol–water partition coefficient (Wildman–Crippen LogP) is 5.14. The van der Waals surface area contributed by atoms with Gasteiger partial charge in [0.25, 0.3) is 0 Å². The third kappa shape index (κ3) is 3.11. The topological polar surface area (TPSA) is 15.3 Å². The van der Waals surface area contributed by atoms with Crippen LogP contribution in [0.1, 0.15) is 56.1 Å². The highest BCUT2D eigenvalue weighted by Crippen LogP contribution is 2.45. The van der Waals surface area contributed by atoms with Crippen molar-refractivity contribution in [2.45, 2.75) is 57.3 Å². The number of anilines is 1. The molecule has 1 N–H and O–H groups in total. The molecule has 5 rings (SSSR count). The van der Waals surface area contributed by atoms with Crippen molar-refractivity contribution >= 4 is 5.69 Å². The van der Waals surface area contributed by atoms with E-state index in [-0.39, 0.29) is 0 Å². The fourth-order valence-electron chi connectivity index (χ4n) is 6.25. The Kier molecular flexibility index (Phi) is 4.35. The molecular weight excluding hydrogens is 316 g/mol. The van der Waals surface area contributed by atoms with Crippen LogP contribution in [-0.4, -0.2) is 31.1 Å². The molecular formula is C24H34N2. The van der Waals surface area contributed by atoms with Crippen LogP contribution in [0.5, 0.6) is 0 Å². The summed E-state index contributed by atoms with van der Waals surface area (Å²) in [5.41, 5.74) is 4.81. The van der Waals surface area contributed by atoms with Gasteiger partial charge in [-0.25, -0.2) is 0 Å². The Labute approximate surface area is 159 Å². The maximum absolute atomic E-state index is 3.69. The van der Waals surface area contributed by atoms with Crippen molar-refractivity contribution in [3.63, 3.8) is 0 Å². The quantitative estimate of drug-likeness (QED) is 0.743. The van der Waals surface area contributed by atoms with Gasteiger partial charge in [0.2, 0.25) is 0 Å². The van der Waals surface area contributed by atoms with Crippen LogP contribution in [0.4, 0.5) is 5.69 Å². The molecule has 0 aromatic heterocycles. The van der Waals surface area contributed by atoms with E-state index in [0.29, 0.717) is 5.41 Å². The Morgan fingerprint density at radius 3 is 2.92 bits per heavy atom. The van der Waals surface area contributed by atoms with Gasteiger partial charge in [0, 0.05) is 24.2 Å². The van der Waals surface area contributed by atoms with Crippen molar-refractivity contribution < 1.29 is 0 Å². The van der Waals surface area contributed by atoms with Gasteiger partial charge in [-0.1, -0.05) is 29.8 Å². The molecule has 1 saturated carbocycles. The van der Waals surface area contributed by atoms with Gasteiger partial charge in [-0.2, -0.15) is 0 Å². The number of aryl methyl sites for hydroxylation is 1. The minimum Gasteiger partial charge on any atom is -0.384 e. The molecule has 2 nitrogen and oxygen atoms in total. The summed E-state index contributed by atoms with van der Waals surface area (Å²) in [6, 6.07) is 6.99. The maximum Gasteiger partial charge on any atom is 0.0379 e. The van der Waals surface area contributed by atoms with E-state index in [1.165, 1.54) is 75.8 Å². The van der Waals surface area contributed by atoms with Crippen molar-refractivity contribution in [3.05, 3.63) is 41.5 Å². The van der Waals surface area contributed by atoms with Gasteiger partial charge in [-0.15, -0.1) is 0 Å². The van der Waals surface area contributed by atoms with E-state index in [1.807, 2.05) is 0 Å². The highest BCUT2D eigenvalue weighted by molar-refractivity contribution is 5.61. The van der Waals surface area contributed by atoms with Crippen LogP contribution in [0.25, 0.3) is 0 Å². The second kappa shape index (κ2) is 6.71. The average Bonchev–Trinajstić information content (AvgIpc) is 2.92. The summed E-state index contributed by atoms with van der Waals surface area (Å²) >= 11 is 0. The lowest BCUT2D eigenvalue weighted by molar-refractivity contribution is 0.140. The first kappa shape index (κ1) is 16.9. The number of rotatable bonds is 2. The Hall–Kier alpha value is -1.28. The Morgan fingerprint density at radius 1 is 1.15 bits per heavy atom. The molecule has 2 aliphatic heterocycles. The first-order valence-corrected chi connectivity index (χ1v) is 10.9. The van der Waals surface area contributed by atoms with Gasteiger partial charge in [-0.05, 0) is 94.3 Å². The zero-order valence-electron chi connectivity index (χ0n) is 16.3. The number of piperidine rings is 1. The molecule has 3 atom stereocenters. The standard InChI is InChI=1S/C24H34N2/c1-18-5-8-23-22(13-18)24(17-25-23)9-11-26(12-10-24)16-21-7-6-19-3-2-4-20(14-19)15-21/h2,4-5,8,13,19-21,25H,3,6-7,9-12,14-17H2,1H3. The molecule has 3 unspecified atom stereocenters. The number of fused-ring (bicyclic) bond motifs is 4. The van der Waals surface area contributed by atoms with Crippen LogP contribution in [0.15, 0.2) is 30.4 Å². The number of nitrogens with one attached hydrogen (secondary N) is 1. The summed E-state index contributed by atoms with van der Waals surface area (Å²) < 4.78 is 0. The lowest BCUT2D eigenvalue weighted by Gasteiger charge is -2.40. The van der Waals surface area contributed by atoms with Crippen LogP contribution in [-0.2, 0) is 5.41 Å². The van der Waals surface area contributed by atoms with Crippen LogP contribution < -0.4 is 5.32 Å². The van der Waals surface area contributed by atoms with E-state index in [2.05, 4.69) is 47.5 Å². The van der Waals surface area contributed by atoms with E-state index < -0.39 is 0 Å². The van der Waals surface area contributed by atoms with Crippen molar-refractivity contribution in [2.24, 2.45) is 17.8 Å². The van der Waals surface area contributed by atoms with Crippen molar-refractivity contribution in [1.82, 2.24) is 4.90 Å². The second-order valence-corrected chi connectivity index (χ2v) is 9.69. The summed E-state index contributed by atoms with van der Waals surface area (Å²) in [6.07, 6.45) is 14.9. The zero-order valence-corrected chi connectivity index (χ0v) is 16.3. The molecule has 0 amide bonds. The summed E-state index contributed by atoms with van der Waals surface area (Å²) in [6.45, 7) is 7.31. The van der Waals surface area contributed by atoms with Crippen LogP contribution in [0, 0.1) is 24.7 Å². The minimum absolute atomic E-state index is 0.403. The molecule has 1 aromatic carbocycles. The highest BCUT2D eigenvalue weighted by atomic mass is 15.1. The number of likely N-dealkylation sites (tertiary alicyclic amines) is 1. The first-order chi connectivity index (χ1) is 12.7. The van der Waals surface area contributed by atoms with Gasteiger partial charge >= 0.3 is 0 Å². The molecule has 2 heteroatoms. The molecule has 26 heavy (non-hydrogen) atoms. The average molecular weight is 351 g/mol. The summed E-state index contributed by atoms with van der Waals surface area (Å²) in [5, 5.41) is 3.69. The molecule has 2 aliphatic carbocycles. The third-order valence-corrected chi connectivity index (χ3v) is 7.83. The molecule has 4 aliphatic rings. The Bertz CT molecular complexity index is 683. The lowest BCUT2D eigenvalue weighted by Crippen LogP contribution is -2.45. The molecule has 140 valence electrons. The Morgan fingerprint density at radius 2 is 2.04 bits per heavy atom. The van der Waals surface area contributed by atoms with Gasteiger partial charge in [0.15, 0.2) is 0 Å². The monoisotopic (exact) mass is 350 g/mol. The van der Waals surface area contributed by atoms with Crippen LogP contribution in [0.3, 0.4) is 0 Å². The number of hydrogen-bond donors (Lipinski definition) is 1. The summed E-state index contributed by atoms with van der Waals surface area (Å²) in [5.74, 6) is 2.80. The van der Waals surface area contributed by atoms with Crippen molar-refractivity contribution in [1.29, 1.82) is 0 Å². The molecule has 2 fully saturated rings. The van der Waals surface area contributed by atoms with Crippen LogP contribution in [0.2, 0.25) is 0 Å². The number of nitrogens with zero attached hydrogens (tertiary/aromatic N) is 1. The van der Waals surface area contributed by atoms with Crippen molar-refractivity contribution in [3.8, 4) is 0 Å². The summed E-state index contributed by atoms with van der Waals surface area (Å²) in [4.78, 5) is 2.79. The second-order valence-electron chi connectivity index (χ2n) is 9.69. The molecule has 1 saturated heterocycles. The molecule has 2 bridgehead atoms. The highest BCUT2D eigenvalue weighted by Gasteiger charge is 2.41. The van der Waals surface area contributed by atoms with E-state index in [0.717, 1.165) is 24.3 Å². The SMILES string of the molecule is Cc1ccc2c(c1)C1(CCN(CC3CCC4CC=CC(C4)C3)CC1)CN2. The van der Waals surface area contributed by atoms with E-state index in [4.69, 9.17) is 0 Å². The lowest BCUT2D eigenvalue weighted by atomic mass is 9.74. The van der Waals surface area contributed by atoms with Gasteiger partial charge in [0.1, 0.15) is 0 Å². The fourth-order valence-corrected chi connectivity index (χ4v) is 6.25. The van der Waals surface area contributed by atoms with E-state index in [9.17, 15) is 0 Å².